The fraction of sp³-hybridized carbons (Fsp3) is 0.680. The van der Waals surface area contributed by atoms with Crippen LogP contribution >= 0.6 is 0 Å². The number of ketones is 2. The molecule has 3 rings (SSSR count). The Bertz CT molecular complexity index is 834. The minimum Gasteiger partial charge on any atom is -0.393 e. The Kier molecular flexibility index (Phi) is 5.81. The number of hydrogen-bond acceptors (Lipinski definition) is 5. The number of carbonyl (C=O) groups excluding carboxylic acids is 2. The van der Waals surface area contributed by atoms with E-state index in [4.69, 9.17) is 0 Å². The van der Waals surface area contributed by atoms with Gasteiger partial charge in [0.25, 0.3) is 0 Å². The second-order valence-electron chi connectivity index (χ2n) is 10.7. The molecule has 5 heteroatoms. The summed E-state index contributed by atoms with van der Waals surface area (Å²) in [7, 11) is 0. The fourth-order valence-corrected chi connectivity index (χ4v) is 6.52. The third kappa shape index (κ3) is 3.35. The third-order valence-electron chi connectivity index (χ3n) is 8.10. The molecule has 0 aromatic heterocycles. The number of Topliss-reactive ketones (excluding diaryl/α,β-unsaturated/α-hetero) is 2. The maximum atomic E-state index is 13.8. The van der Waals surface area contributed by atoms with Gasteiger partial charge in [-0.2, -0.15) is 0 Å². The summed E-state index contributed by atoms with van der Waals surface area (Å²) >= 11 is 0. The standard InChI is InChI=1S/C25H36O5/c1-14(2)21-22(29)17(12-20-23(4,5)8-7-9-24(20,21)6)25(30,13-26)16-11-18(27)15(3)10-19(16)28/h10,12,16,19-21,26,28,30H,1,7-9,11,13H2,2-6H3/t16-,19+,20-,21+,24-,25+/m0/s1. The molecule has 1 saturated carbocycles. The maximum absolute atomic E-state index is 13.8. The van der Waals surface area contributed by atoms with Gasteiger partial charge >= 0.3 is 0 Å². The summed E-state index contributed by atoms with van der Waals surface area (Å²) in [4.78, 5) is 26.1. The molecule has 30 heavy (non-hydrogen) atoms. The molecule has 0 aromatic rings. The molecule has 0 amide bonds. The van der Waals surface area contributed by atoms with Crippen LogP contribution < -0.4 is 0 Å². The summed E-state index contributed by atoms with van der Waals surface area (Å²) in [6, 6.07) is 0. The first-order valence-electron chi connectivity index (χ1n) is 10.9. The van der Waals surface area contributed by atoms with Crippen molar-refractivity contribution in [1.29, 1.82) is 0 Å². The lowest BCUT2D eigenvalue weighted by Crippen LogP contribution is -2.58. The van der Waals surface area contributed by atoms with Crippen molar-refractivity contribution in [3.63, 3.8) is 0 Å². The minimum absolute atomic E-state index is 0.0000573. The van der Waals surface area contributed by atoms with E-state index in [1.54, 1.807) is 6.92 Å². The molecule has 0 spiro atoms. The van der Waals surface area contributed by atoms with Crippen LogP contribution in [0, 0.1) is 28.6 Å². The third-order valence-corrected chi connectivity index (χ3v) is 8.10. The van der Waals surface area contributed by atoms with Crippen LogP contribution in [0.15, 0.2) is 35.5 Å². The molecule has 3 aliphatic rings. The quantitative estimate of drug-likeness (QED) is 0.612. The van der Waals surface area contributed by atoms with Gasteiger partial charge in [0.2, 0.25) is 0 Å². The van der Waals surface area contributed by atoms with Gasteiger partial charge in [0, 0.05) is 23.8 Å². The van der Waals surface area contributed by atoms with Crippen LogP contribution in [-0.4, -0.2) is 45.2 Å². The van der Waals surface area contributed by atoms with Gasteiger partial charge in [-0.05, 0) is 55.1 Å². The first kappa shape index (κ1) is 23.1. The molecule has 166 valence electrons. The summed E-state index contributed by atoms with van der Waals surface area (Å²) in [5.74, 6) is -1.90. The summed E-state index contributed by atoms with van der Waals surface area (Å²) in [5.41, 5.74) is -1.11. The van der Waals surface area contributed by atoms with E-state index in [9.17, 15) is 24.9 Å². The summed E-state index contributed by atoms with van der Waals surface area (Å²) in [5, 5.41) is 32.6. The van der Waals surface area contributed by atoms with Crippen molar-refractivity contribution in [2.24, 2.45) is 28.6 Å². The molecule has 0 unspecified atom stereocenters. The highest BCUT2D eigenvalue weighted by molar-refractivity contribution is 6.03. The van der Waals surface area contributed by atoms with E-state index in [1.165, 1.54) is 6.08 Å². The molecule has 5 nitrogen and oxygen atoms in total. The zero-order valence-electron chi connectivity index (χ0n) is 18.9. The zero-order chi connectivity index (χ0) is 22.6. The number of aliphatic hydroxyl groups excluding tert-OH is 2. The van der Waals surface area contributed by atoms with Crippen molar-refractivity contribution in [2.45, 2.75) is 72.0 Å². The molecule has 3 N–H and O–H groups in total. The molecule has 6 atom stereocenters. The predicted octanol–water partition coefficient (Wildman–Crippen LogP) is 3.14. The molecule has 0 radical (unpaired) electrons. The average Bonchev–Trinajstić information content (AvgIpc) is 2.62. The van der Waals surface area contributed by atoms with Gasteiger partial charge in [-0.15, -0.1) is 0 Å². The molecule has 0 saturated heterocycles. The van der Waals surface area contributed by atoms with Gasteiger partial charge in [-0.1, -0.05) is 45.4 Å². The topological polar surface area (TPSA) is 94.8 Å². The van der Waals surface area contributed by atoms with Gasteiger partial charge < -0.3 is 15.3 Å². The Morgan fingerprint density at radius 3 is 2.43 bits per heavy atom. The number of aliphatic hydroxyl groups is 3. The SMILES string of the molecule is C=C(C)[C@@H]1C(=O)C([C@@](O)(CO)[C@H]2CC(=O)C(C)=C[C@H]2O)=C[C@H]2C(C)(C)CCC[C@]12C. The molecule has 0 aliphatic heterocycles. The number of fused-ring (bicyclic) bond motifs is 1. The molecular weight excluding hydrogens is 380 g/mol. The van der Waals surface area contributed by atoms with Gasteiger partial charge in [-0.3, -0.25) is 9.59 Å². The monoisotopic (exact) mass is 416 g/mol. The van der Waals surface area contributed by atoms with Crippen molar-refractivity contribution in [3.8, 4) is 0 Å². The van der Waals surface area contributed by atoms with Gasteiger partial charge in [0.1, 0.15) is 5.60 Å². The van der Waals surface area contributed by atoms with Crippen molar-refractivity contribution < 1.29 is 24.9 Å². The van der Waals surface area contributed by atoms with Crippen LogP contribution in [0.5, 0.6) is 0 Å². The molecule has 3 aliphatic carbocycles. The summed E-state index contributed by atoms with van der Waals surface area (Å²) < 4.78 is 0. The smallest absolute Gasteiger partial charge is 0.169 e. The normalized spacial score (nSPS) is 38.3. The number of rotatable bonds is 4. The highest BCUT2D eigenvalue weighted by atomic mass is 16.3. The lowest BCUT2D eigenvalue weighted by Gasteiger charge is -2.57. The first-order chi connectivity index (χ1) is 13.8. The van der Waals surface area contributed by atoms with Crippen molar-refractivity contribution in [1.82, 2.24) is 0 Å². The van der Waals surface area contributed by atoms with E-state index >= 15 is 0 Å². The predicted molar refractivity (Wildman–Crippen MR) is 116 cm³/mol. The lowest BCUT2D eigenvalue weighted by atomic mass is 9.47. The molecule has 0 aromatic carbocycles. The lowest BCUT2D eigenvalue weighted by molar-refractivity contribution is -0.138. The summed E-state index contributed by atoms with van der Waals surface area (Å²) in [6.07, 6.45) is 4.93. The van der Waals surface area contributed by atoms with E-state index in [1.807, 2.05) is 13.0 Å². The van der Waals surface area contributed by atoms with Crippen molar-refractivity contribution >= 4 is 11.6 Å². The Labute approximate surface area is 179 Å². The molecule has 0 heterocycles. The number of carbonyl (C=O) groups is 2. The van der Waals surface area contributed by atoms with Gasteiger partial charge in [0.15, 0.2) is 11.6 Å². The number of allylic oxidation sites excluding steroid dienone is 3. The highest BCUT2D eigenvalue weighted by Crippen LogP contribution is 2.60. The van der Waals surface area contributed by atoms with Crippen LogP contribution in [0.25, 0.3) is 0 Å². The maximum Gasteiger partial charge on any atom is 0.169 e. The van der Waals surface area contributed by atoms with E-state index in [2.05, 4.69) is 27.4 Å². The molecule has 1 fully saturated rings. The van der Waals surface area contributed by atoms with Crippen LogP contribution in [0.3, 0.4) is 0 Å². The van der Waals surface area contributed by atoms with Crippen molar-refractivity contribution in [2.75, 3.05) is 6.61 Å². The Morgan fingerprint density at radius 2 is 1.87 bits per heavy atom. The van der Waals surface area contributed by atoms with E-state index in [-0.39, 0.29) is 40.3 Å². The highest BCUT2D eigenvalue weighted by Gasteiger charge is 2.59. The Hall–Kier alpha value is -1.56. The van der Waals surface area contributed by atoms with E-state index in [0.717, 1.165) is 24.8 Å². The van der Waals surface area contributed by atoms with Crippen LogP contribution in [-0.2, 0) is 9.59 Å². The van der Waals surface area contributed by atoms with Gasteiger partial charge in [0.05, 0.1) is 12.7 Å². The van der Waals surface area contributed by atoms with E-state index < -0.39 is 30.1 Å². The first-order valence-corrected chi connectivity index (χ1v) is 10.9. The second kappa shape index (κ2) is 7.54. The Balaban J connectivity index is 2.18. The van der Waals surface area contributed by atoms with Crippen molar-refractivity contribution in [3.05, 3.63) is 35.5 Å². The second-order valence-corrected chi connectivity index (χ2v) is 10.7. The molecular formula is C25H36O5. The number of hydrogen-bond donors (Lipinski definition) is 3. The van der Waals surface area contributed by atoms with Crippen LogP contribution in [0.4, 0.5) is 0 Å². The minimum atomic E-state index is -1.99. The van der Waals surface area contributed by atoms with Gasteiger partial charge in [-0.25, -0.2) is 0 Å². The average molecular weight is 417 g/mol. The Morgan fingerprint density at radius 1 is 1.23 bits per heavy atom. The molecule has 0 bridgehead atoms. The zero-order valence-corrected chi connectivity index (χ0v) is 18.9. The van der Waals surface area contributed by atoms with Crippen LogP contribution in [0.1, 0.15) is 60.3 Å². The largest absolute Gasteiger partial charge is 0.393 e. The fourth-order valence-electron chi connectivity index (χ4n) is 6.52. The summed E-state index contributed by atoms with van der Waals surface area (Å²) in [6.45, 7) is 13.3. The van der Waals surface area contributed by atoms with Crippen LogP contribution in [0.2, 0.25) is 0 Å². The van der Waals surface area contributed by atoms with E-state index in [0.29, 0.717) is 5.57 Å².